The molecule has 2 amide bonds. The Morgan fingerprint density at radius 3 is 2.56 bits per heavy atom. The molecule has 4 rings (SSSR count). The first-order chi connectivity index (χ1) is 15.8. The maximum atomic E-state index is 13.4. The fourth-order valence-electron chi connectivity index (χ4n) is 3.38. The smallest absolute Gasteiger partial charge is 0.268 e. The molecule has 14 heteroatoms. The lowest BCUT2D eigenvalue weighted by molar-refractivity contribution is -0.138. The van der Waals surface area contributed by atoms with Crippen molar-refractivity contribution in [2.24, 2.45) is 5.14 Å². The third-order valence-corrected chi connectivity index (χ3v) is 6.60. The number of aromatic nitrogens is 2. The maximum absolute atomic E-state index is 13.4. The number of halogens is 4. The normalized spacial score (nSPS) is 16.3. The van der Waals surface area contributed by atoms with Crippen molar-refractivity contribution in [2.75, 3.05) is 5.88 Å². The molecule has 2 N–H and O–H groups in total. The number of alkyl halides is 3. The van der Waals surface area contributed by atoms with Crippen LogP contribution in [0, 0.1) is 0 Å². The van der Waals surface area contributed by atoms with Crippen LogP contribution in [0.25, 0.3) is 17.0 Å². The standard InChI is InChI=1S/C20H14ClF3N4O4S2/c21-14-3-2-12(15(7-14)20(22,23)24)9-28-16-4-1-11(5-13(16)8-26-28)6-17-18(29)27(19(30)33-17)10-34(25,31)32/h1-8H,9-10H2,(H2,25,31,32)/b17-6-. The summed E-state index contributed by atoms with van der Waals surface area (Å²) in [6.07, 6.45) is -1.71. The minimum Gasteiger partial charge on any atom is -0.268 e. The number of nitrogens with zero attached hydrogens (tertiary/aromatic N) is 3. The van der Waals surface area contributed by atoms with Gasteiger partial charge >= 0.3 is 6.18 Å². The van der Waals surface area contributed by atoms with Crippen LogP contribution in [0.15, 0.2) is 47.5 Å². The van der Waals surface area contributed by atoms with Gasteiger partial charge in [0, 0.05) is 10.4 Å². The number of nitrogens with two attached hydrogens (primary N) is 1. The van der Waals surface area contributed by atoms with E-state index in [1.165, 1.54) is 29.1 Å². The highest BCUT2D eigenvalue weighted by Gasteiger charge is 2.37. The van der Waals surface area contributed by atoms with Gasteiger partial charge < -0.3 is 0 Å². The van der Waals surface area contributed by atoms with Gasteiger partial charge in [-0.2, -0.15) is 18.3 Å². The number of imide groups is 1. The van der Waals surface area contributed by atoms with Gasteiger partial charge in [0.05, 0.1) is 28.7 Å². The molecular weight excluding hydrogens is 517 g/mol. The third-order valence-electron chi connectivity index (χ3n) is 4.84. The first-order valence-corrected chi connectivity index (χ1v) is 12.3. The number of benzene rings is 2. The molecule has 1 aromatic heterocycles. The molecule has 0 spiro atoms. The second kappa shape index (κ2) is 8.73. The van der Waals surface area contributed by atoms with Gasteiger partial charge in [0.2, 0.25) is 10.0 Å². The van der Waals surface area contributed by atoms with Gasteiger partial charge in [-0.3, -0.25) is 19.2 Å². The van der Waals surface area contributed by atoms with Crippen molar-refractivity contribution in [2.45, 2.75) is 12.7 Å². The van der Waals surface area contributed by atoms with E-state index >= 15 is 0 Å². The Balaban J connectivity index is 1.62. The number of primary sulfonamides is 1. The van der Waals surface area contributed by atoms with Crippen LogP contribution < -0.4 is 5.14 Å². The van der Waals surface area contributed by atoms with E-state index in [2.05, 4.69) is 5.10 Å². The Morgan fingerprint density at radius 2 is 1.88 bits per heavy atom. The van der Waals surface area contributed by atoms with E-state index in [0.29, 0.717) is 33.1 Å². The monoisotopic (exact) mass is 530 g/mol. The fraction of sp³-hybridized carbons (Fsp3) is 0.150. The van der Waals surface area contributed by atoms with Crippen molar-refractivity contribution in [3.8, 4) is 0 Å². The highest BCUT2D eigenvalue weighted by molar-refractivity contribution is 8.18. The fourth-order valence-corrected chi connectivity index (χ4v) is 5.06. The molecule has 2 aromatic carbocycles. The summed E-state index contributed by atoms with van der Waals surface area (Å²) in [6.45, 7) is -0.151. The molecule has 8 nitrogen and oxygen atoms in total. The molecule has 0 unspecified atom stereocenters. The van der Waals surface area contributed by atoms with E-state index in [9.17, 15) is 31.2 Å². The van der Waals surface area contributed by atoms with Gasteiger partial charge in [0.25, 0.3) is 11.1 Å². The Morgan fingerprint density at radius 1 is 1.15 bits per heavy atom. The Hall–Kier alpha value is -2.87. The molecule has 0 bridgehead atoms. The number of carbonyl (C=O) groups is 2. The van der Waals surface area contributed by atoms with E-state index < -0.39 is 38.8 Å². The van der Waals surface area contributed by atoms with Gasteiger partial charge in [-0.15, -0.1) is 0 Å². The molecular formula is C20H14ClF3N4O4S2. The van der Waals surface area contributed by atoms with Crippen LogP contribution in [0.5, 0.6) is 0 Å². The van der Waals surface area contributed by atoms with E-state index in [-0.39, 0.29) is 22.0 Å². The van der Waals surface area contributed by atoms with E-state index in [0.717, 1.165) is 6.07 Å². The molecule has 1 saturated heterocycles. The Bertz CT molecular complexity index is 1470. The van der Waals surface area contributed by atoms with E-state index in [1.54, 1.807) is 18.2 Å². The molecule has 0 radical (unpaired) electrons. The van der Waals surface area contributed by atoms with E-state index in [4.69, 9.17) is 16.7 Å². The van der Waals surface area contributed by atoms with Gasteiger partial charge in [-0.05, 0) is 53.2 Å². The van der Waals surface area contributed by atoms with Crippen LogP contribution in [0.3, 0.4) is 0 Å². The van der Waals surface area contributed by atoms with Gasteiger partial charge in [0.15, 0.2) is 0 Å². The van der Waals surface area contributed by atoms with E-state index in [1.807, 2.05) is 0 Å². The number of amides is 2. The minimum absolute atomic E-state index is 0.00509. The molecule has 1 aliphatic rings. The summed E-state index contributed by atoms with van der Waals surface area (Å²) >= 11 is 6.31. The van der Waals surface area contributed by atoms with Gasteiger partial charge in [-0.25, -0.2) is 13.6 Å². The zero-order valence-corrected chi connectivity index (χ0v) is 19.3. The van der Waals surface area contributed by atoms with Crippen molar-refractivity contribution in [3.05, 3.63) is 69.2 Å². The number of rotatable bonds is 5. The Labute approximate surface area is 200 Å². The first-order valence-electron chi connectivity index (χ1n) is 9.39. The maximum Gasteiger partial charge on any atom is 0.416 e. The highest BCUT2D eigenvalue weighted by atomic mass is 35.5. The number of thioether (sulfide) groups is 1. The summed E-state index contributed by atoms with van der Waals surface area (Å²) in [5.41, 5.74) is 0.197. The van der Waals surface area contributed by atoms with Crippen molar-refractivity contribution < 1.29 is 31.2 Å². The number of fused-ring (bicyclic) bond motifs is 1. The summed E-state index contributed by atoms with van der Waals surface area (Å²) in [4.78, 5) is 24.9. The summed E-state index contributed by atoms with van der Waals surface area (Å²) in [6, 6.07) is 8.39. The largest absolute Gasteiger partial charge is 0.416 e. The second-order valence-corrected chi connectivity index (χ2v) is 10.3. The average molecular weight is 531 g/mol. The predicted octanol–water partition coefficient (Wildman–Crippen LogP) is 4.04. The van der Waals surface area contributed by atoms with Crippen molar-refractivity contribution in [1.29, 1.82) is 0 Å². The van der Waals surface area contributed by atoms with Crippen LogP contribution in [0.1, 0.15) is 16.7 Å². The summed E-state index contributed by atoms with van der Waals surface area (Å²) in [5.74, 6) is -1.71. The molecule has 1 aliphatic heterocycles. The predicted molar refractivity (Wildman–Crippen MR) is 121 cm³/mol. The van der Waals surface area contributed by atoms with Crippen molar-refractivity contribution in [1.82, 2.24) is 14.7 Å². The number of sulfonamides is 1. The topological polar surface area (TPSA) is 115 Å². The quantitative estimate of drug-likeness (QED) is 0.498. The molecule has 0 atom stereocenters. The Kier molecular flexibility index (Phi) is 6.23. The molecule has 0 aliphatic carbocycles. The number of hydrogen-bond donors (Lipinski definition) is 1. The summed E-state index contributed by atoms with van der Waals surface area (Å²) in [7, 11) is -4.08. The minimum atomic E-state index is -4.58. The molecule has 0 saturated carbocycles. The summed E-state index contributed by atoms with van der Waals surface area (Å²) < 4.78 is 64.1. The molecule has 1 fully saturated rings. The molecule has 34 heavy (non-hydrogen) atoms. The number of carbonyl (C=O) groups excluding carboxylic acids is 2. The summed E-state index contributed by atoms with van der Waals surface area (Å²) in [5, 5.41) is 8.88. The van der Waals surface area contributed by atoms with Crippen molar-refractivity contribution >= 4 is 61.5 Å². The second-order valence-electron chi connectivity index (χ2n) is 7.32. The van der Waals surface area contributed by atoms with Crippen LogP contribution >= 0.6 is 23.4 Å². The third kappa shape index (κ3) is 5.12. The van der Waals surface area contributed by atoms with Gasteiger partial charge in [0.1, 0.15) is 5.88 Å². The van der Waals surface area contributed by atoms with Crippen LogP contribution in [-0.2, 0) is 27.5 Å². The average Bonchev–Trinajstić information content (AvgIpc) is 3.23. The SMILES string of the molecule is NS(=O)(=O)CN1C(=O)S/C(=C\c2ccc3c(cnn3Cc3ccc(Cl)cc3C(F)(F)F)c2)C1=O. The number of hydrogen-bond acceptors (Lipinski definition) is 6. The molecule has 178 valence electrons. The van der Waals surface area contributed by atoms with Crippen LogP contribution in [-0.4, -0.2) is 40.1 Å². The molecule has 2 heterocycles. The lowest BCUT2D eigenvalue weighted by Crippen LogP contribution is -2.36. The lowest BCUT2D eigenvalue weighted by atomic mass is 10.1. The first kappa shape index (κ1) is 24.3. The van der Waals surface area contributed by atoms with Crippen molar-refractivity contribution in [3.63, 3.8) is 0 Å². The van der Waals surface area contributed by atoms with Crippen LogP contribution in [0.4, 0.5) is 18.0 Å². The lowest BCUT2D eigenvalue weighted by Gasteiger charge is -2.14. The zero-order valence-electron chi connectivity index (χ0n) is 16.9. The zero-order chi connectivity index (χ0) is 24.8. The van der Waals surface area contributed by atoms with Crippen LogP contribution in [0.2, 0.25) is 5.02 Å². The van der Waals surface area contributed by atoms with Gasteiger partial charge in [-0.1, -0.05) is 23.7 Å². The molecule has 3 aromatic rings. The highest BCUT2D eigenvalue weighted by Crippen LogP contribution is 2.35.